The van der Waals surface area contributed by atoms with E-state index in [0.717, 1.165) is 27.9 Å². The fourth-order valence-electron chi connectivity index (χ4n) is 5.48. The lowest BCUT2D eigenvalue weighted by molar-refractivity contribution is -0.141. The molecule has 2 heterocycles. The van der Waals surface area contributed by atoms with Gasteiger partial charge in [-0.3, -0.25) is 9.59 Å². The van der Waals surface area contributed by atoms with Crippen molar-refractivity contribution in [3.63, 3.8) is 0 Å². The van der Waals surface area contributed by atoms with Crippen LogP contribution in [0.2, 0.25) is 0 Å². The molecule has 28 heavy (non-hydrogen) atoms. The van der Waals surface area contributed by atoms with Gasteiger partial charge in [0.2, 0.25) is 0 Å². The van der Waals surface area contributed by atoms with E-state index in [-0.39, 0.29) is 40.9 Å². The van der Waals surface area contributed by atoms with Crippen molar-refractivity contribution in [1.82, 2.24) is 5.01 Å². The number of carbonyl (C=O) groups excluding carboxylic acids is 2. The number of hydrogen-bond acceptors (Lipinski definition) is 4. The number of halogens is 1. The Kier molecular flexibility index (Phi) is 3.26. The van der Waals surface area contributed by atoms with Crippen molar-refractivity contribution in [2.75, 3.05) is 0 Å². The minimum Gasteiger partial charge on any atom is -0.455 e. The second kappa shape index (κ2) is 5.54. The van der Waals surface area contributed by atoms with E-state index in [9.17, 15) is 9.59 Å². The van der Waals surface area contributed by atoms with Crippen molar-refractivity contribution >= 4 is 34.0 Å². The highest BCUT2D eigenvalue weighted by atomic mass is 79.9. The van der Waals surface area contributed by atoms with Crippen molar-refractivity contribution in [2.45, 2.75) is 12.8 Å². The van der Waals surface area contributed by atoms with Crippen molar-refractivity contribution in [1.29, 1.82) is 0 Å². The Balaban J connectivity index is 1.24. The fourth-order valence-corrected chi connectivity index (χ4v) is 5.75. The fraction of sp³-hybridized carbons (Fsp3) is 0.318. The molecule has 6 rings (SSSR count). The number of allylic oxidation sites excluding steroid dienone is 2. The predicted octanol–water partition coefficient (Wildman–Crippen LogP) is 4.24. The van der Waals surface area contributed by atoms with Gasteiger partial charge >= 0.3 is 0 Å². The first-order valence-electron chi connectivity index (χ1n) is 9.54. The molecule has 140 valence electrons. The van der Waals surface area contributed by atoms with Gasteiger partial charge in [0.25, 0.3) is 11.8 Å². The van der Waals surface area contributed by atoms with Gasteiger partial charge in [0.05, 0.1) is 18.1 Å². The second-order valence-corrected chi connectivity index (χ2v) is 9.08. The third kappa shape index (κ3) is 2.09. The van der Waals surface area contributed by atoms with E-state index in [4.69, 9.17) is 4.42 Å². The number of hydrogen-bond donors (Lipinski definition) is 0. The highest BCUT2D eigenvalue weighted by Gasteiger charge is 2.73. The van der Waals surface area contributed by atoms with Gasteiger partial charge in [0, 0.05) is 10.0 Å². The smallest absolute Gasteiger partial charge is 0.254 e. The van der Waals surface area contributed by atoms with Crippen molar-refractivity contribution in [3.8, 4) is 11.3 Å². The molecule has 2 bridgehead atoms. The standard InChI is InChI=1S/C22H17BrN2O3/c23-13-3-1-12(2-4-13)17-8-5-14(28-17)11-24-25-20(26)18-15-6-7-16(19(18)21(25)27)22(15)9-10-22/h1-8,11,15-16,18-19H,9-10H2/b24-11-/t15-,16+,18+,19-. The summed E-state index contributed by atoms with van der Waals surface area (Å²) in [5.74, 6) is 0.883. The monoisotopic (exact) mass is 436 g/mol. The molecule has 2 aromatic rings. The van der Waals surface area contributed by atoms with Crippen LogP contribution in [-0.2, 0) is 9.59 Å². The lowest BCUT2D eigenvalue weighted by atomic mass is 9.85. The molecule has 2 amide bonds. The quantitative estimate of drug-likeness (QED) is 0.410. The van der Waals surface area contributed by atoms with E-state index in [0.29, 0.717) is 11.5 Å². The molecule has 4 atom stereocenters. The lowest BCUT2D eigenvalue weighted by Crippen LogP contribution is -2.30. The first-order chi connectivity index (χ1) is 13.6. The van der Waals surface area contributed by atoms with Gasteiger partial charge in [-0.25, -0.2) is 0 Å². The molecular formula is C22H17BrN2O3. The molecule has 0 radical (unpaired) electrons. The van der Waals surface area contributed by atoms with Gasteiger partial charge in [0.15, 0.2) is 0 Å². The number of rotatable bonds is 3. The van der Waals surface area contributed by atoms with Crippen LogP contribution in [0.4, 0.5) is 0 Å². The minimum atomic E-state index is -0.225. The second-order valence-electron chi connectivity index (χ2n) is 8.16. The number of imide groups is 1. The zero-order valence-electron chi connectivity index (χ0n) is 14.9. The summed E-state index contributed by atoms with van der Waals surface area (Å²) in [6.07, 6.45) is 8.05. The molecule has 3 fully saturated rings. The van der Waals surface area contributed by atoms with E-state index < -0.39 is 0 Å². The average Bonchev–Trinajstić information content (AvgIpc) is 2.97. The van der Waals surface area contributed by atoms with Crippen LogP contribution in [0.5, 0.6) is 0 Å². The van der Waals surface area contributed by atoms with Crippen molar-refractivity contribution < 1.29 is 14.0 Å². The van der Waals surface area contributed by atoms with Gasteiger partial charge in [-0.1, -0.05) is 40.2 Å². The van der Waals surface area contributed by atoms with Crippen LogP contribution in [0.25, 0.3) is 11.3 Å². The summed E-state index contributed by atoms with van der Waals surface area (Å²) in [5.41, 5.74) is 1.15. The molecule has 2 saturated carbocycles. The van der Waals surface area contributed by atoms with Gasteiger partial charge in [-0.2, -0.15) is 10.1 Å². The maximum Gasteiger partial charge on any atom is 0.254 e. The van der Waals surface area contributed by atoms with E-state index >= 15 is 0 Å². The zero-order chi connectivity index (χ0) is 19.0. The third-order valence-electron chi connectivity index (χ3n) is 6.89. The highest BCUT2D eigenvalue weighted by molar-refractivity contribution is 9.10. The topological polar surface area (TPSA) is 62.9 Å². The number of furan rings is 1. The van der Waals surface area contributed by atoms with E-state index in [1.807, 2.05) is 30.3 Å². The van der Waals surface area contributed by atoms with Gasteiger partial charge in [-0.15, -0.1) is 0 Å². The normalized spacial score (nSPS) is 31.5. The summed E-state index contributed by atoms with van der Waals surface area (Å²) in [5, 5.41) is 5.27. The molecule has 0 N–H and O–H groups in total. The number of fused-ring (bicyclic) bond motifs is 3. The average molecular weight is 437 g/mol. The third-order valence-corrected chi connectivity index (χ3v) is 7.41. The number of hydrazone groups is 1. The Labute approximate surface area is 170 Å². The van der Waals surface area contributed by atoms with Crippen molar-refractivity contribution in [2.24, 2.45) is 34.2 Å². The van der Waals surface area contributed by atoms with Gasteiger partial charge in [-0.05, 0) is 54.4 Å². The molecule has 4 aliphatic rings. The van der Waals surface area contributed by atoms with Crippen LogP contribution < -0.4 is 0 Å². The minimum absolute atomic E-state index is 0.158. The van der Waals surface area contributed by atoms with Crippen LogP contribution in [0.15, 0.2) is 62.5 Å². The SMILES string of the molecule is O=C1[C@@H]2[C@H](C(=O)N1/N=C\c1ccc(-c3ccc(Br)cc3)o1)[C@@H]1C=C[C@H]2C12CC2. The highest BCUT2D eigenvalue weighted by Crippen LogP contribution is 2.73. The van der Waals surface area contributed by atoms with E-state index in [1.165, 1.54) is 6.21 Å². The number of nitrogens with zero attached hydrogens (tertiary/aromatic N) is 2. The summed E-state index contributed by atoms with van der Waals surface area (Å²) in [6.45, 7) is 0. The predicted molar refractivity (Wildman–Crippen MR) is 106 cm³/mol. The number of amides is 2. The van der Waals surface area contributed by atoms with Gasteiger partial charge in [0.1, 0.15) is 11.5 Å². The van der Waals surface area contributed by atoms with Crippen LogP contribution in [0.3, 0.4) is 0 Å². The Morgan fingerprint density at radius 2 is 1.64 bits per heavy atom. The van der Waals surface area contributed by atoms with E-state index in [1.54, 1.807) is 6.07 Å². The molecule has 1 aromatic heterocycles. The maximum absolute atomic E-state index is 12.9. The largest absolute Gasteiger partial charge is 0.455 e. The van der Waals surface area contributed by atoms with Crippen molar-refractivity contribution in [3.05, 3.63) is 58.8 Å². The number of carbonyl (C=O) groups is 2. The van der Waals surface area contributed by atoms with Crippen LogP contribution in [0, 0.1) is 29.1 Å². The molecule has 1 aliphatic heterocycles. The summed E-state index contributed by atoms with van der Waals surface area (Å²) in [7, 11) is 0. The molecule has 6 heteroatoms. The molecule has 1 spiro atoms. The number of benzene rings is 1. The Bertz CT molecular complexity index is 1030. The Morgan fingerprint density at radius 1 is 1.00 bits per heavy atom. The summed E-state index contributed by atoms with van der Waals surface area (Å²) >= 11 is 3.42. The maximum atomic E-state index is 12.9. The Morgan fingerprint density at radius 3 is 2.25 bits per heavy atom. The zero-order valence-corrected chi connectivity index (χ0v) is 16.5. The molecule has 1 aromatic carbocycles. The molecular weight excluding hydrogens is 420 g/mol. The van der Waals surface area contributed by atoms with Gasteiger partial charge < -0.3 is 4.42 Å². The first-order valence-corrected chi connectivity index (χ1v) is 10.3. The molecule has 3 aliphatic carbocycles. The van der Waals surface area contributed by atoms with Crippen LogP contribution in [-0.4, -0.2) is 23.0 Å². The summed E-state index contributed by atoms with van der Waals surface area (Å²) in [4.78, 5) is 25.8. The first kappa shape index (κ1) is 16.5. The van der Waals surface area contributed by atoms with Crippen LogP contribution in [0.1, 0.15) is 18.6 Å². The summed E-state index contributed by atoms with van der Waals surface area (Å²) < 4.78 is 6.80. The molecule has 1 saturated heterocycles. The van der Waals surface area contributed by atoms with E-state index in [2.05, 4.69) is 33.2 Å². The molecule has 0 unspecified atom stereocenters. The summed E-state index contributed by atoms with van der Waals surface area (Å²) in [6, 6.07) is 11.4. The Hall–Kier alpha value is -2.47. The lowest BCUT2D eigenvalue weighted by Gasteiger charge is -2.18. The molecule has 5 nitrogen and oxygen atoms in total. The van der Waals surface area contributed by atoms with Crippen LogP contribution >= 0.6 is 15.9 Å².